The summed E-state index contributed by atoms with van der Waals surface area (Å²) >= 11 is 0. The minimum absolute atomic E-state index is 0.393. The van der Waals surface area contributed by atoms with Crippen LogP contribution >= 0.6 is 0 Å². The second-order valence-corrected chi connectivity index (χ2v) is 6.25. The first kappa shape index (κ1) is 15.1. The van der Waals surface area contributed by atoms with E-state index in [0.717, 1.165) is 41.5 Å². The Bertz CT molecular complexity index is 697. The summed E-state index contributed by atoms with van der Waals surface area (Å²) in [6, 6.07) is 3.95. The summed E-state index contributed by atoms with van der Waals surface area (Å²) < 4.78 is 0. The highest BCUT2D eigenvalue weighted by Crippen LogP contribution is 2.28. The standard InChI is InChI=1S/C18H24N2O2/c1-3-13-10-15-14(6-9-20-7-4-5-8-20)12(2)19-17(15)16(11-13)18(21)22/h10-11,19H,3-9H2,1-2H3,(H,21,22). The number of aromatic nitrogens is 1. The van der Waals surface area contributed by atoms with Crippen LogP contribution in [-0.4, -0.2) is 40.6 Å². The molecule has 0 unspecified atom stereocenters. The zero-order valence-electron chi connectivity index (χ0n) is 13.4. The molecule has 118 valence electrons. The Balaban J connectivity index is 1.99. The molecule has 1 aliphatic rings. The summed E-state index contributed by atoms with van der Waals surface area (Å²) in [5.41, 5.74) is 4.64. The molecule has 0 amide bonds. The molecule has 1 aliphatic heterocycles. The van der Waals surface area contributed by atoms with Crippen molar-refractivity contribution < 1.29 is 9.90 Å². The Morgan fingerprint density at radius 2 is 2.05 bits per heavy atom. The van der Waals surface area contributed by atoms with Gasteiger partial charge >= 0.3 is 5.97 Å². The number of aromatic amines is 1. The van der Waals surface area contributed by atoms with E-state index in [9.17, 15) is 9.90 Å². The average molecular weight is 300 g/mol. The third-order valence-electron chi connectivity index (χ3n) is 4.80. The van der Waals surface area contributed by atoms with Gasteiger partial charge in [0.05, 0.1) is 11.1 Å². The van der Waals surface area contributed by atoms with Gasteiger partial charge in [0.25, 0.3) is 0 Å². The van der Waals surface area contributed by atoms with E-state index in [2.05, 4.69) is 29.8 Å². The van der Waals surface area contributed by atoms with Crippen LogP contribution in [0.3, 0.4) is 0 Å². The van der Waals surface area contributed by atoms with Crippen molar-refractivity contribution in [2.45, 2.75) is 39.5 Å². The third-order valence-corrected chi connectivity index (χ3v) is 4.80. The van der Waals surface area contributed by atoms with Crippen molar-refractivity contribution in [1.29, 1.82) is 0 Å². The number of rotatable bonds is 5. The number of fused-ring (bicyclic) bond motifs is 1. The van der Waals surface area contributed by atoms with Crippen molar-refractivity contribution in [2.75, 3.05) is 19.6 Å². The van der Waals surface area contributed by atoms with E-state index in [1.807, 2.05) is 0 Å². The van der Waals surface area contributed by atoms with E-state index < -0.39 is 5.97 Å². The quantitative estimate of drug-likeness (QED) is 0.890. The fraction of sp³-hybridized carbons (Fsp3) is 0.500. The molecule has 1 saturated heterocycles. The van der Waals surface area contributed by atoms with Crippen LogP contribution in [0.25, 0.3) is 10.9 Å². The number of benzene rings is 1. The molecule has 4 heteroatoms. The number of carboxylic acids is 1. The molecule has 2 heterocycles. The Labute approximate surface area is 131 Å². The molecule has 0 spiro atoms. The SMILES string of the molecule is CCc1cc(C(=O)O)c2[nH]c(C)c(CCN3CCCC3)c2c1. The highest BCUT2D eigenvalue weighted by Gasteiger charge is 2.18. The second kappa shape index (κ2) is 6.13. The van der Waals surface area contributed by atoms with Crippen LogP contribution in [0.5, 0.6) is 0 Å². The van der Waals surface area contributed by atoms with Crippen molar-refractivity contribution in [3.63, 3.8) is 0 Å². The van der Waals surface area contributed by atoms with Crippen molar-refractivity contribution in [3.05, 3.63) is 34.5 Å². The molecule has 1 aromatic heterocycles. The van der Waals surface area contributed by atoms with Crippen LogP contribution in [-0.2, 0) is 12.8 Å². The maximum atomic E-state index is 11.5. The van der Waals surface area contributed by atoms with Gasteiger partial charge in [0, 0.05) is 17.6 Å². The fourth-order valence-corrected chi connectivity index (χ4v) is 3.51. The predicted molar refractivity (Wildman–Crippen MR) is 88.8 cm³/mol. The highest BCUT2D eigenvalue weighted by atomic mass is 16.4. The van der Waals surface area contributed by atoms with Gasteiger partial charge in [-0.05, 0) is 69.0 Å². The molecule has 0 atom stereocenters. The molecule has 0 bridgehead atoms. The second-order valence-electron chi connectivity index (χ2n) is 6.25. The van der Waals surface area contributed by atoms with E-state index in [-0.39, 0.29) is 0 Å². The predicted octanol–water partition coefficient (Wildman–Crippen LogP) is 3.38. The van der Waals surface area contributed by atoms with E-state index in [1.54, 1.807) is 6.07 Å². The first-order valence-corrected chi connectivity index (χ1v) is 8.20. The molecule has 1 fully saturated rings. The van der Waals surface area contributed by atoms with E-state index in [0.29, 0.717) is 5.56 Å². The Kier molecular flexibility index (Phi) is 4.21. The van der Waals surface area contributed by atoms with E-state index >= 15 is 0 Å². The van der Waals surface area contributed by atoms with Gasteiger partial charge < -0.3 is 15.0 Å². The third kappa shape index (κ3) is 2.75. The lowest BCUT2D eigenvalue weighted by molar-refractivity contribution is 0.0698. The number of likely N-dealkylation sites (tertiary alicyclic amines) is 1. The van der Waals surface area contributed by atoms with E-state index in [4.69, 9.17) is 0 Å². The lowest BCUT2D eigenvalue weighted by Crippen LogP contribution is -2.22. The molecule has 2 aromatic rings. The Morgan fingerprint density at radius 1 is 1.32 bits per heavy atom. The minimum atomic E-state index is -0.854. The van der Waals surface area contributed by atoms with Crippen LogP contribution in [0.4, 0.5) is 0 Å². The van der Waals surface area contributed by atoms with Crippen LogP contribution in [0.2, 0.25) is 0 Å². The molecule has 0 aliphatic carbocycles. The summed E-state index contributed by atoms with van der Waals surface area (Å²) in [6.07, 6.45) is 4.44. The van der Waals surface area contributed by atoms with Gasteiger partial charge in [-0.1, -0.05) is 6.92 Å². The number of hydrogen-bond acceptors (Lipinski definition) is 2. The summed E-state index contributed by atoms with van der Waals surface area (Å²) in [5.74, 6) is -0.854. The van der Waals surface area contributed by atoms with Crippen molar-refractivity contribution >= 4 is 16.9 Å². The molecular weight excluding hydrogens is 276 g/mol. The molecule has 2 N–H and O–H groups in total. The number of aryl methyl sites for hydroxylation is 2. The lowest BCUT2D eigenvalue weighted by Gasteiger charge is -2.14. The van der Waals surface area contributed by atoms with E-state index in [1.165, 1.54) is 31.5 Å². The maximum absolute atomic E-state index is 11.5. The molecular formula is C18H24N2O2. The maximum Gasteiger partial charge on any atom is 0.337 e. The van der Waals surface area contributed by atoms with Gasteiger partial charge in [0.1, 0.15) is 0 Å². The number of aromatic carboxylic acids is 1. The van der Waals surface area contributed by atoms with Gasteiger partial charge in [-0.2, -0.15) is 0 Å². The average Bonchev–Trinajstić information content (AvgIpc) is 3.11. The number of carboxylic acid groups (broad SMARTS) is 1. The van der Waals surface area contributed by atoms with Gasteiger partial charge in [-0.25, -0.2) is 4.79 Å². The van der Waals surface area contributed by atoms with Crippen molar-refractivity contribution in [2.24, 2.45) is 0 Å². The summed E-state index contributed by atoms with van der Waals surface area (Å²) in [7, 11) is 0. The summed E-state index contributed by atoms with van der Waals surface area (Å²) in [4.78, 5) is 17.3. The van der Waals surface area contributed by atoms with Crippen LogP contribution in [0, 0.1) is 6.92 Å². The zero-order valence-corrected chi connectivity index (χ0v) is 13.4. The normalized spacial score (nSPS) is 15.7. The summed E-state index contributed by atoms with van der Waals surface area (Å²) in [6.45, 7) is 7.57. The number of nitrogens with one attached hydrogen (secondary N) is 1. The molecule has 4 nitrogen and oxygen atoms in total. The largest absolute Gasteiger partial charge is 0.478 e. The van der Waals surface area contributed by atoms with Crippen LogP contribution in [0.1, 0.15) is 46.9 Å². The molecule has 22 heavy (non-hydrogen) atoms. The first-order valence-electron chi connectivity index (χ1n) is 8.20. The lowest BCUT2D eigenvalue weighted by atomic mass is 10.0. The monoisotopic (exact) mass is 300 g/mol. The molecule has 0 radical (unpaired) electrons. The number of nitrogens with zero attached hydrogens (tertiary/aromatic N) is 1. The van der Waals surface area contributed by atoms with Crippen LogP contribution in [0.15, 0.2) is 12.1 Å². The van der Waals surface area contributed by atoms with Crippen molar-refractivity contribution in [3.8, 4) is 0 Å². The number of hydrogen-bond donors (Lipinski definition) is 2. The molecule has 3 rings (SSSR count). The van der Waals surface area contributed by atoms with Crippen LogP contribution < -0.4 is 0 Å². The minimum Gasteiger partial charge on any atom is -0.478 e. The number of H-pyrrole nitrogens is 1. The summed E-state index contributed by atoms with van der Waals surface area (Å²) in [5, 5.41) is 10.6. The first-order chi connectivity index (χ1) is 10.6. The van der Waals surface area contributed by atoms with Gasteiger partial charge in [0.15, 0.2) is 0 Å². The van der Waals surface area contributed by atoms with Gasteiger partial charge in [0.2, 0.25) is 0 Å². The topological polar surface area (TPSA) is 56.3 Å². The Hall–Kier alpha value is -1.81. The highest BCUT2D eigenvalue weighted by molar-refractivity contribution is 6.03. The van der Waals surface area contributed by atoms with Gasteiger partial charge in [-0.15, -0.1) is 0 Å². The zero-order chi connectivity index (χ0) is 15.7. The molecule has 1 aromatic carbocycles. The number of carbonyl (C=O) groups is 1. The van der Waals surface area contributed by atoms with Gasteiger partial charge in [-0.3, -0.25) is 0 Å². The Morgan fingerprint density at radius 3 is 2.68 bits per heavy atom. The smallest absolute Gasteiger partial charge is 0.337 e. The fourth-order valence-electron chi connectivity index (χ4n) is 3.51. The molecule has 0 saturated carbocycles. The van der Waals surface area contributed by atoms with Crippen molar-refractivity contribution in [1.82, 2.24) is 9.88 Å².